The molecule has 0 radical (unpaired) electrons. The fraction of sp³-hybridized carbons (Fsp3) is 0.391. The molecule has 0 spiro atoms. The average Bonchev–Trinajstić information content (AvgIpc) is 3.12. The summed E-state index contributed by atoms with van der Waals surface area (Å²) in [5.41, 5.74) is 3.26. The SMILES string of the molecule is c1ccc2c(c1)ccc1cc(C3CCCC4CC5CC6CCCC(c7ccc8c(ccc9ccccc98)c7)C6CC5CC43)ccc12. The third-order valence-corrected chi connectivity index (χ3v) is 13.8. The van der Waals surface area contributed by atoms with E-state index in [1.807, 2.05) is 0 Å². The Morgan fingerprint density at radius 3 is 1.30 bits per heavy atom. The van der Waals surface area contributed by atoms with Crippen LogP contribution in [-0.2, 0) is 0 Å². The molecule has 46 heavy (non-hydrogen) atoms. The second-order valence-electron chi connectivity index (χ2n) is 15.9. The van der Waals surface area contributed by atoms with Gasteiger partial charge in [0.1, 0.15) is 0 Å². The highest BCUT2D eigenvalue weighted by Crippen LogP contribution is 2.59. The van der Waals surface area contributed by atoms with Crippen molar-refractivity contribution in [2.75, 3.05) is 0 Å². The van der Waals surface area contributed by atoms with E-state index in [4.69, 9.17) is 0 Å². The summed E-state index contributed by atoms with van der Waals surface area (Å²) in [5.74, 6) is 7.03. The van der Waals surface area contributed by atoms with Crippen LogP contribution in [0.5, 0.6) is 0 Å². The topological polar surface area (TPSA) is 0 Å². The summed E-state index contributed by atoms with van der Waals surface area (Å²) < 4.78 is 0. The van der Waals surface area contributed by atoms with E-state index in [0.29, 0.717) is 0 Å². The van der Waals surface area contributed by atoms with Crippen molar-refractivity contribution in [2.24, 2.45) is 35.5 Å². The lowest BCUT2D eigenvalue weighted by Gasteiger charge is -2.54. The third kappa shape index (κ3) is 4.46. The Labute approximate surface area is 274 Å². The number of hydrogen-bond acceptors (Lipinski definition) is 0. The maximum atomic E-state index is 2.58. The molecule has 6 aromatic carbocycles. The second-order valence-corrected chi connectivity index (χ2v) is 15.9. The van der Waals surface area contributed by atoms with Gasteiger partial charge in [-0.2, -0.15) is 0 Å². The minimum Gasteiger partial charge on any atom is -0.0616 e. The summed E-state index contributed by atoms with van der Waals surface area (Å²) in [4.78, 5) is 0. The van der Waals surface area contributed by atoms with Crippen LogP contribution in [0.4, 0.5) is 0 Å². The van der Waals surface area contributed by atoms with E-state index >= 15 is 0 Å². The van der Waals surface area contributed by atoms with Gasteiger partial charge < -0.3 is 0 Å². The van der Waals surface area contributed by atoms with Crippen LogP contribution in [0.2, 0.25) is 0 Å². The number of benzene rings is 6. The van der Waals surface area contributed by atoms with Gasteiger partial charge in [0.25, 0.3) is 0 Å². The van der Waals surface area contributed by atoms with Gasteiger partial charge in [0, 0.05) is 0 Å². The van der Waals surface area contributed by atoms with Crippen LogP contribution >= 0.6 is 0 Å². The van der Waals surface area contributed by atoms with E-state index in [1.165, 1.54) is 107 Å². The lowest BCUT2D eigenvalue weighted by atomic mass is 9.51. The Hall–Kier alpha value is -3.64. The van der Waals surface area contributed by atoms with Crippen molar-refractivity contribution in [2.45, 2.75) is 76.0 Å². The molecule has 10 rings (SSSR count). The van der Waals surface area contributed by atoms with E-state index in [0.717, 1.165) is 47.3 Å². The van der Waals surface area contributed by atoms with Crippen LogP contribution in [0.15, 0.2) is 109 Å². The van der Waals surface area contributed by atoms with Gasteiger partial charge in [0.2, 0.25) is 0 Å². The molecular formula is C46H46. The van der Waals surface area contributed by atoms with Crippen LogP contribution in [0.1, 0.15) is 87.2 Å². The smallest absolute Gasteiger partial charge is 0.0105 e. The molecule has 0 aliphatic heterocycles. The van der Waals surface area contributed by atoms with Crippen molar-refractivity contribution in [1.82, 2.24) is 0 Å². The number of hydrogen-bond donors (Lipinski definition) is 0. The molecule has 0 heteroatoms. The molecule has 0 nitrogen and oxygen atoms in total. The molecule has 6 atom stereocenters. The average molecular weight is 599 g/mol. The van der Waals surface area contributed by atoms with Crippen molar-refractivity contribution in [1.29, 1.82) is 0 Å². The quantitative estimate of drug-likeness (QED) is 0.174. The fourth-order valence-corrected chi connectivity index (χ4v) is 11.8. The van der Waals surface area contributed by atoms with Crippen molar-refractivity contribution in [3.63, 3.8) is 0 Å². The maximum absolute atomic E-state index is 2.58. The van der Waals surface area contributed by atoms with Crippen molar-refractivity contribution < 1.29 is 0 Å². The van der Waals surface area contributed by atoms with Gasteiger partial charge in [-0.05, 0) is 140 Å². The van der Waals surface area contributed by atoms with Gasteiger partial charge in [-0.1, -0.05) is 135 Å². The van der Waals surface area contributed by atoms with Gasteiger partial charge in [-0.25, -0.2) is 0 Å². The Bertz CT molecular complexity index is 1930. The maximum Gasteiger partial charge on any atom is -0.0105 e. The summed E-state index contributed by atoms with van der Waals surface area (Å²) in [7, 11) is 0. The zero-order valence-electron chi connectivity index (χ0n) is 27.1. The largest absolute Gasteiger partial charge is 0.0616 e. The van der Waals surface area contributed by atoms with Gasteiger partial charge in [0.05, 0.1) is 0 Å². The summed E-state index contributed by atoms with van der Waals surface area (Å²) in [6.45, 7) is 0. The molecule has 4 aliphatic rings. The molecule has 230 valence electrons. The minimum atomic E-state index is 0.741. The van der Waals surface area contributed by atoms with E-state index < -0.39 is 0 Å². The molecule has 0 bridgehead atoms. The summed E-state index contributed by atoms with van der Waals surface area (Å²) in [6, 6.07) is 42.3. The first kappa shape index (κ1) is 27.5. The van der Waals surface area contributed by atoms with Gasteiger partial charge in [-0.3, -0.25) is 0 Å². The first-order valence-electron chi connectivity index (χ1n) is 18.6. The Balaban J connectivity index is 0.935. The van der Waals surface area contributed by atoms with Gasteiger partial charge >= 0.3 is 0 Å². The van der Waals surface area contributed by atoms with Crippen LogP contribution in [0, 0.1) is 35.5 Å². The highest BCUT2D eigenvalue weighted by Gasteiger charge is 2.49. The van der Waals surface area contributed by atoms with E-state index in [9.17, 15) is 0 Å². The summed E-state index contributed by atoms with van der Waals surface area (Å²) >= 11 is 0. The van der Waals surface area contributed by atoms with E-state index in [2.05, 4.69) is 109 Å². The molecule has 4 saturated carbocycles. The molecule has 0 amide bonds. The molecular weight excluding hydrogens is 553 g/mol. The first-order valence-corrected chi connectivity index (χ1v) is 18.6. The molecule has 0 heterocycles. The van der Waals surface area contributed by atoms with Gasteiger partial charge in [0.15, 0.2) is 0 Å². The predicted molar refractivity (Wildman–Crippen MR) is 195 cm³/mol. The molecule has 4 aliphatic carbocycles. The predicted octanol–water partition coefficient (Wildman–Crippen LogP) is 12.8. The molecule has 0 saturated heterocycles. The number of fused-ring (bicyclic) bond motifs is 9. The highest BCUT2D eigenvalue weighted by molar-refractivity contribution is 6.08. The van der Waals surface area contributed by atoms with Crippen molar-refractivity contribution in [3.8, 4) is 0 Å². The third-order valence-electron chi connectivity index (χ3n) is 13.8. The second kappa shape index (κ2) is 11.0. The van der Waals surface area contributed by atoms with Crippen molar-refractivity contribution in [3.05, 3.63) is 120 Å². The Kier molecular flexibility index (Phi) is 6.55. The Morgan fingerprint density at radius 1 is 0.348 bits per heavy atom. The lowest BCUT2D eigenvalue weighted by molar-refractivity contribution is -0.0168. The van der Waals surface area contributed by atoms with E-state index in [-0.39, 0.29) is 0 Å². The Morgan fingerprint density at radius 2 is 0.783 bits per heavy atom. The highest BCUT2D eigenvalue weighted by atomic mass is 14.5. The van der Waals surface area contributed by atoms with E-state index in [1.54, 1.807) is 11.1 Å². The monoisotopic (exact) mass is 598 g/mol. The lowest BCUT2D eigenvalue weighted by Crippen LogP contribution is -2.44. The zero-order valence-corrected chi connectivity index (χ0v) is 27.1. The van der Waals surface area contributed by atoms with Crippen LogP contribution in [0.3, 0.4) is 0 Å². The molecule has 6 unspecified atom stereocenters. The fourth-order valence-electron chi connectivity index (χ4n) is 11.8. The van der Waals surface area contributed by atoms with Crippen molar-refractivity contribution >= 4 is 43.1 Å². The normalized spacial score (nSPS) is 31.0. The molecule has 4 fully saturated rings. The number of rotatable bonds is 2. The van der Waals surface area contributed by atoms with Crippen LogP contribution < -0.4 is 0 Å². The van der Waals surface area contributed by atoms with Crippen LogP contribution in [-0.4, -0.2) is 0 Å². The molecule has 0 N–H and O–H groups in total. The summed E-state index contributed by atoms with van der Waals surface area (Å²) in [5, 5.41) is 11.2. The minimum absolute atomic E-state index is 0.741. The standard InChI is InChI=1S/C46H46/c1-3-11-39-29(7-1)15-17-33-23-35(19-21-43(33)39)41-13-5-9-31-25-37-26-32-10-6-14-42(46(32)28-38(37)27-45(31)41)36-20-22-44-34(24-36)18-16-30-8-2-4-12-40(30)44/h1-4,7-8,11-12,15-24,31-32,37-38,41-42,45-46H,5-6,9-10,13-14,25-28H2. The molecule has 0 aromatic heterocycles. The first-order chi connectivity index (χ1) is 22.8. The van der Waals surface area contributed by atoms with Gasteiger partial charge in [-0.15, -0.1) is 0 Å². The summed E-state index contributed by atoms with van der Waals surface area (Å²) in [6.07, 6.45) is 14.6. The van der Waals surface area contributed by atoms with Crippen LogP contribution in [0.25, 0.3) is 43.1 Å². The molecule has 6 aromatic rings. The zero-order chi connectivity index (χ0) is 30.2.